The lowest BCUT2D eigenvalue weighted by Crippen LogP contribution is -2.47. The molecule has 0 bridgehead atoms. The quantitative estimate of drug-likeness (QED) is 0.741. The van der Waals surface area contributed by atoms with E-state index in [1.165, 1.54) is 17.6 Å². The van der Waals surface area contributed by atoms with Gasteiger partial charge >= 0.3 is 0 Å². The number of aromatic nitrogens is 2. The zero-order valence-electron chi connectivity index (χ0n) is 15.6. The van der Waals surface area contributed by atoms with Gasteiger partial charge in [0.1, 0.15) is 0 Å². The van der Waals surface area contributed by atoms with Gasteiger partial charge in [0, 0.05) is 45.1 Å². The Balaban J connectivity index is 1.28. The highest BCUT2D eigenvalue weighted by Crippen LogP contribution is 2.09. The molecule has 0 saturated carbocycles. The van der Waals surface area contributed by atoms with Crippen LogP contribution >= 0.6 is 0 Å². The van der Waals surface area contributed by atoms with Crippen LogP contribution in [0.4, 0.5) is 5.95 Å². The Hall–Kier alpha value is -2.24. The van der Waals surface area contributed by atoms with Crippen LogP contribution in [0.25, 0.3) is 6.08 Å². The number of nitrogens with zero attached hydrogens (tertiary/aromatic N) is 4. The molecule has 1 aromatic carbocycles. The SMILES string of the molecule is C/C(=C/c1ccccc1)CNCCCN1CCN(c2ncccn2)CC1. The molecule has 1 saturated heterocycles. The van der Waals surface area contributed by atoms with Crippen LogP contribution in [0.1, 0.15) is 18.9 Å². The molecule has 0 amide bonds. The van der Waals surface area contributed by atoms with Gasteiger partial charge in [0.05, 0.1) is 0 Å². The third-order valence-corrected chi connectivity index (χ3v) is 4.65. The second-order valence-electron chi connectivity index (χ2n) is 6.81. The molecule has 1 aliphatic rings. The van der Waals surface area contributed by atoms with Crippen molar-refractivity contribution in [3.8, 4) is 0 Å². The summed E-state index contributed by atoms with van der Waals surface area (Å²) in [5.41, 5.74) is 2.64. The second-order valence-corrected chi connectivity index (χ2v) is 6.81. The summed E-state index contributed by atoms with van der Waals surface area (Å²) >= 11 is 0. The molecule has 1 N–H and O–H groups in total. The molecule has 0 spiro atoms. The van der Waals surface area contributed by atoms with Crippen molar-refractivity contribution in [1.82, 2.24) is 20.2 Å². The van der Waals surface area contributed by atoms with Crippen LogP contribution in [0.5, 0.6) is 0 Å². The van der Waals surface area contributed by atoms with Gasteiger partial charge in [-0.05, 0) is 38.1 Å². The monoisotopic (exact) mass is 351 g/mol. The Morgan fingerprint density at radius 2 is 1.77 bits per heavy atom. The zero-order chi connectivity index (χ0) is 18.0. The molecule has 1 aromatic heterocycles. The minimum atomic E-state index is 0.856. The van der Waals surface area contributed by atoms with Crippen LogP contribution in [-0.2, 0) is 0 Å². The number of hydrogen-bond donors (Lipinski definition) is 1. The van der Waals surface area contributed by atoms with Crippen LogP contribution in [-0.4, -0.2) is 60.7 Å². The fourth-order valence-electron chi connectivity index (χ4n) is 3.22. The number of hydrogen-bond acceptors (Lipinski definition) is 5. The summed E-state index contributed by atoms with van der Waals surface area (Å²) in [6, 6.07) is 12.4. The van der Waals surface area contributed by atoms with Gasteiger partial charge in [-0.15, -0.1) is 0 Å². The highest BCUT2D eigenvalue weighted by atomic mass is 15.3. The van der Waals surface area contributed by atoms with E-state index in [4.69, 9.17) is 0 Å². The molecule has 0 atom stereocenters. The van der Waals surface area contributed by atoms with E-state index in [1.54, 1.807) is 0 Å². The Morgan fingerprint density at radius 3 is 2.50 bits per heavy atom. The van der Waals surface area contributed by atoms with E-state index in [1.807, 2.05) is 18.5 Å². The van der Waals surface area contributed by atoms with Crippen LogP contribution in [0.15, 0.2) is 54.4 Å². The van der Waals surface area contributed by atoms with E-state index < -0.39 is 0 Å². The van der Waals surface area contributed by atoms with Crippen molar-refractivity contribution in [1.29, 1.82) is 0 Å². The lowest BCUT2D eigenvalue weighted by molar-refractivity contribution is 0.253. The molecular formula is C21H29N5. The van der Waals surface area contributed by atoms with Crippen LogP contribution in [0, 0.1) is 0 Å². The maximum atomic E-state index is 4.34. The van der Waals surface area contributed by atoms with Crippen molar-refractivity contribution in [2.24, 2.45) is 0 Å². The number of benzene rings is 1. The number of piperazine rings is 1. The molecule has 0 unspecified atom stereocenters. The van der Waals surface area contributed by atoms with Crippen LogP contribution in [0.3, 0.4) is 0 Å². The topological polar surface area (TPSA) is 44.3 Å². The standard InChI is InChI=1S/C21H29N5/c1-19(17-20-7-3-2-4-8-20)18-22-9-6-12-25-13-15-26(16-14-25)21-23-10-5-11-24-21/h2-5,7-8,10-11,17,22H,6,9,12-16,18H2,1H3/b19-17-. The zero-order valence-corrected chi connectivity index (χ0v) is 15.6. The summed E-state index contributed by atoms with van der Waals surface area (Å²) in [5, 5.41) is 3.55. The fraction of sp³-hybridized carbons (Fsp3) is 0.429. The summed E-state index contributed by atoms with van der Waals surface area (Å²) in [4.78, 5) is 13.5. The minimum absolute atomic E-state index is 0.856. The van der Waals surface area contributed by atoms with E-state index in [0.29, 0.717) is 0 Å². The van der Waals surface area contributed by atoms with Gasteiger partial charge in [-0.2, -0.15) is 0 Å². The Bertz CT molecular complexity index is 663. The maximum Gasteiger partial charge on any atom is 0.225 e. The fourth-order valence-corrected chi connectivity index (χ4v) is 3.22. The molecule has 138 valence electrons. The van der Waals surface area contributed by atoms with Crippen molar-refractivity contribution in [2.45, 2.75) is 13.3 Å². The van der Waals surface area contributed by atoms with E-state index in [2.05, 4.69) is 68.4 Å². The molecule has 0 aliphatic carbocycles. The van der Waals surface area contributed by atoms with Crippen molar-refractivity contribution < 1.29 is 0 Å². The van der Waals surface area contributed by atoms with Crippen molar-refractivity contribution >= 4 is 12.0 Å². The maximum absolute atomic E-state index is 4.34. The summed E-state index contributed by atoms with van der Waals surface area (Å²) in [6.45, 7) is 9.54. The van der Waals surface area contributed by atoms with Crippen molar-refractivity contribution in [3.63, 3.8) is 0 Å². The highest BCUT2D eigenvalue weighted by molar-refractivity contribution is 5.52. The van der Waals surface area contributed by atoms with Gasteiger partial charge in [-0.25, -0.2) is 9.97 Å². The van der Waals surface area contributed by atoms with Gasteiger partial charge in [-0.3, -0.25) is 4.90 Å². The summed E-state index contributed by atoms with van der Waals surface area (Å²) in [5.74, 6) is 0.856. The summed E-state index contributed by atoms with van der Waals surface area (Å²) < 4.78 is 0. The molecule has 3 rings (SSSR count). The molecule has 1 aliphatic heterocycles. The van der Waals surface area contributed by atoms with E-state index in [0.717, 1.165) is 51.8 Å². The highest BCUT2D eigenvalue weighted by Gasteiger charge is 2.17. The number of rotatable bonds is 8. The van der Waals surface area contributed by atoms with Crippen LogP contribution in [0.2, 0.25) is 0 Å². The van der Waals surface area contributed by atoms with Gasteiger partial charge in [0.2, 0.25) is 5.95 Å². The summed E-state index contributed by atoms with van der Waals surface area (Å²) in [6.07, 6.45) is 7.06. The molecule has 5 nitrogen and oxygen atoms in total. The van der Waals surface area contributed by atoms with E-state index >= 15 is 0 Å². The largest absolute Gasteiger partial charge is 0.338 e. The first-order valence-corrected chi connectivity index (χ1v) is 9.48. The molecule has 26 heavy (non-hydrogen) atoms. The predicted molar refractivity (Wildman–Crippen MR) is 108 cm³/mol. The van der Waals surface area contributed by atoms with Gasteiger partial charge < -0.3 is 10.2 Å². The van der Waals surface area contributed by atoms with Gasteiger partial charge in [-0.1, -0.05) is 42.0 Å². The third-order valence-electron chi connectivity index (χ3n) is 4.65. The first-order valence-electron chi connectivity index (χ1n) is 9.48. The van der Waals surface area contributed by atoms with Crippen molar-refractivity contribution in [3.05, 3.63) is 59.9 Å². The first kappa shape index (κ1) is 18.5. The average molecular weight is 351 g/mol. The smallest absolute Gasteiger partial charge is 0.225 e. The predicted octanol–water partition coefficient (Wildman–Crippen LogP) is 2.68. The average Bonchev–Trinajstić information content (AvgIpc) is 2.70. The Labute approximate surface area is 156 Å². The lowest BCUT2D eigenvalue weighted by atomic mass is 10.1. The third kappa shape index (κ3) is 5.93. The van der Waals surface area contributed by atoms with Crippen molar-refractivity contribution in [2.75, 3.05) is 50.7 Å². The molecule has 2 heterocycles. The van der Waals surface area contributed by atoms with E-state index in [9.17, 15) is 0 Å². The Morgan fingerprint density at radius 1 is 1.04 bits per heavy atom. The van der Waals surface area contributed by atoms with Crippen LogP contribution < -0.4 is 10.2 Å². The Kier molecular flexibility index (Phi) is 7.16. The minimum Gasteiger partial charge on any atom is -0.338 e. The molecule has 1 fully saturated rings. The second kappa shape index (κ2) is 10.0. The molecular weight excluding hydrogens is 322 g/mol. The first-order chi connectivity index (χ1) is 12.8. The normalized spacial score (nSPS) is 16.0. The number of anilines is 1. The molecule has 5 heteroatoms. The lowest BCUT2D eigenvalue weighted by Gasteiger charge is -2.34. The summed E-state index contributed by atoms with van der Waals surface area (Å²) in [7, 11) is 0. The van der Waals surface area contributed by atoms with Gasteiger partial charge in [0.25, 0.3) is 0 Å². The van der Waals surface area contributed by atoms with Gasteiger partial charge in [0.15, 0.2) is 0 Å². The molecule has 2 aromatic rings. The molecule has 0 radical (unpaired) electrons. The van der Waals surface area contributed by atoms with E-state index in [-0.39, 0.29) is 0 Å². The number of nitrogens with one attached hydrogen (secondary N) is 1.